The lowest BCUT2D eigenvalue weighted by atomic mass is 9.89. The number of piperidine rings is 1. The highest BCUT2D eigenvalue weighted by Crippen LogP contribution is 2.36. The fraction of sp³-hybridized carbons (Fsp3) is 0.700. The molecule has 1 N–H and O–H groups in total. The predicted molar refractivity (Wildman–Crippen MR) is 105 cm³/mol. The monoisotopic (exact) mass is 446 g/mol. The van der Waals surface area contributed by atoms with E-state index in [1.54, 1.807) is 0 Å². The number of alkyl halides is 2. The van der Waals surface area contributed by atoms with Gasteiger partial charge in [-0.3, -0.25) is 4.90 Å². The van der Waals surface area contributed by atoms with Crippen molar-refractivity contribution in [3.63, 3.8) is 0 Å². The van der Waals surface area contributed by atoms with Crippen molar-refractivity contribution in [2.45, 2.75) is 54.2 Å². The van der Waals surface area contributed by atoms with E-state index in [-0.39, 0.29) is 28.9 Å². The first-order valence-electron chi connectivity index (χ1n) is 10.4. The van der Waals surface area contributed by atoms with Gasteiger partial charge in [0.2, 0.25) is 0 Å². The molecular formula is C20H28F2N2O5S. The molecule has 4 rings (SSSR count). The number of rotatable bonds is 5. The van der Waals surface area contributed by atoms with Crippen LogP contribution in [-0.4, -0.2) is 76.4 Å². The Morgan fingerprint density at radius 3 is 2.43 bits per heavy atom. The van der Waals surface area contributed by atoms with Crippen molar-refractivity contribution in [2.75, 3.05) is 39.5 Å². The van der Waals surface area contributed by atoms with Crippen molar-refractivity contribution < 1.29 is 31.4 Å². The number of morpholine rings is 1. The quantitative estimate of drug-likeness (QED) is 0.742. The molecule has 3 aliphatic rings. The molecule has 1 unspecified atom stereocenters. The molecule has 1 spiro atoms. The largest absolute Gasteiger partial charge is 0.435 e. The van der Waals surface area contributed by atoms with Crippen LogP contribution in [0.5, 0.6) is 5.75 Å². The fourth-order valence-electron chi connectivity index (χ4n) is 4.63. The maximum Gasteiger partial charge on any atom is 0.387 e. The molecule has 1 aromatic carbocycles. The molecule has 0 radical (unpaired) electrons. The van der Waals surface area contributed by atoms with Gasteiger partial charge in [-0.2, -0.15) is 8.78 Å². The van der Waals surface area contributed by atoms with Gasteiger partial charge in [0.15, 0.2) is 9.84 Å². The number of halogens is 2. The lowest BCUT2D eigenvalue weighted by molar-refractivity contribution is -0.147. The predicted octanol–water partition coefficient (Wildman–Crippen LogP) is 2.02. The van der Waals surface area contributed by atoms with Gasteiger partial charge in [-0.05, 0) is 63.0 Å². The third kappa shape index (κ3) is 4.62. The van der Waals surface area contributed by atoms with E-state index in [1.165, 1.54) is 24.3 Å². The Hall–Kier alpha value is -1.33. The Morgan fingerprint density at radius 1 is 1.13 bits per heavy atom. The summed E-state index contributed by atoms with van der Waals surface area (Å²) in [6.45, 7) is 0.635. The number of nitrogens with one attached hydrogen (secondary N) is 1. The second-order valence-electron chi connectivity index (χ2n) is 8.11. The number of hydrogen-bond acceptors (Lipinski definition) is 7. The van der Waals surface area contributed by atoms with E-state index in [0.29, 0.717) is 19.8 Å². The van der Waals surface area contributed by atoms with Crippen molar-refractivity contribution >= 4 is 9.84 Å². The molecular weight excluding hydrogens is 418 g/mol. The number of nitrogens with zero attached hydrogens (tertiary/aromatic N) is 1. The zero-order valence-electron chi connectivity index (χ0n) is 16.8. The second kappa shape index (κ2) is 9.04. The van der Waals surface area contributed by atoms with Crippen molar-refractivity contribution in [3.8, 4) is 5.75 Å². The summed E-state index contributed by atoms with van der Waals surface area (Å²) in [5, 5.41) is 2.52. The van der Waals surface area contributed by atoms with Gasteiger partial charge in [0, 0.05) is 25.8 Å². The summed E-state index contributed by atoms with van der Waals surface area (Å²) in [6.07, 6.45) is 3.25. The number of ether oxygens (including phenoxy) is 3. The van der Waals surface area contributed by atoms with Crippen LogP contribution < -0.4 is 10.1 Å². The van der Waals surface area contributed by atoms with Gasteiger partial charge in [-0.25, -0.2) is 8.42 Å². The van der Waals surface area contributed by atoms with Crippen molar-refractivity contribution in [1.29, 1.82) is 0 Å². The summed E-state index contributed by atoms with van der Waals surface area (Å²) in [5.41, 5.74) is -0.329. The summed E-state index contributed by atoms with van der Waals surface area (Å²) in [7, 11) is -3.76. The Balaban J connectivity index is 1.59. The molecule has 1 aromatic rings. The average molecular weight is 447 g/mol. The van der Waals surface area contributed by atoms with E-state index >= 15 is 0 Å². The molecule has 30 heavy (non-hydrogen) atoms. The third-order valence-corrected chi connectivity index (χ3v) is 8.34. The van der Waals surface area contributed by atoms with E-state index in [4.69, 9.17) is 9.47 Å². The summed E-state index contributed by atoms with van der Waals surface area (Å²) in [5.74, 6) is -0.0706. The normalized spacial score (nSPS) is 26.2. The maximum atomic E-state index is 13.5. The Labute approximate surface area is 175 Å². The Bertz CT molecular complexity index is 809. The lowest BCUT2D eigenvalue weighted by Gasteiger charge is -2.51. The zero-order chi connectivity index (χ0) is 21.2. The van der Waals surface area contributed by atoms with E-state index in [0.717, 1.165) is 38.8 Å². The second-order valence-corrected chi connectivity index (χ2v) is 10.2. The molecule has 10 heteroatoms. The Morgan fingerprint density at radius 2 is 1.80 bits per heavy atom. The first kappa shape index (κ1) is 21.9. The van der Waals surface area contributed by atoms with Gasteiger partial charge in [0.1, 0.15) is 11.1 Å². The molecule has 3 saturated heterocycles. The smallest absolute Gasteiger partial charge is 0.387 e. The summed E-state index contributed by atoms with van der Waals surface area (Å²) < 4.78 is 67.8. The minimum atomic E-state index is -3.76. The summed E-state index contributed by atoms with van der Waals surface area (Å²) in [4.78, 5) is 2.17. The SMILES string of the molecule is O=S(=O)(c1ccc(OC(F)F)cc1)C1COC2(CCNCC2)CN1C1CCOCC1. The summed E-state index contributed by atoms with van der Waals surface area (Å²) >= 11 is 0. The van der Waals surface area contributed by atoms with E-state index < -0.39 is 21.8 Å². The van der Waals surface area contributed by atoms with Crippen LogP contribution in [0.1, 0.15) is 25.7 Å². The number of sulfone groups is 1. The lowest BCUT2D eigenvalue weighted by Crippen LogP contribution is -2.64. The van der Waals surface area contributed by atoms with Gasteiger partial charge in [-0.15, -0.1) is 0 Å². The summed E-state index contributed by atoms with van der Waals surface area (Å²) in [6, 6.07) is 5.27. The molecule has 7 nitrogen and oxygen atoms in total. The molecule has 0 amide bonds. The van der Waals surface area contributed by atoms with Crippen molar-refractivity contribution in [1.82, 2.24) is 10.2 Å². The first-order chi connectivity index (χ1) is 14.4. The molecule has 1 atom stereocenters. The molecule has 0 aliphatic carbocycles. The van der Waals surface area contributed by atoms with Crippen LogP contribution in [0.4, 0.5) is 8.78 Å². The van der Waals surface area contributed by atoms with E-state index in [9.17, 15) is 17.2 Å². The van der Waals surface area contributed by atoms with Gasteiger partial charge in [-0.1, -0.05) is 0 Å². The van der Waals surface area contributed by atoms with Crippen LogP contribution in [0.2, 0.25) is 0 Å². The number of hydrogen-bond donors (Lipinski definition) is 1. The highest BCUT2D eigenvalue weighted by Gasteiger charge is 2.48. The zero-order valence-corrected chi connectivity index (χ0v) is 17.6. The number of benzene rings is 1. The molecule has 168 valence electrons. The topological polar surface area (TPSA) is 77.1 Å². The molecule has 0 saturated carbocycles. The minimum Gasteiger partial charge on any atom is -0.435 e. The fourth-order valence-corrected chi connectivity index (χ4v) is 6.31. The van der Waals surface area contributed by atoms with E-state index in [1.807, 2.05) is 0 Å². The van der Waals surface area contributed by atoms with Crippen LogP contribution in [0.3, 0.4) is 0 Å². The molecule has 3 heterocycles. The highest BCUT2D eigenvalue weighted by molar-refractivity contribution is 7.92. The van der Waals surface area contributed by atoms with Gasteiger partial charge >= 0.3 is 6.61 Å². The first-order valence-corrected chi connectivity index (χ1v) is 11.9. The minimum absolute atomic E-state index is 0.0706. The molecule has 0 bridgehead atoms. The average Bonchev–Trinajstić information content (AvgIpc) is 2.75. The van der Waals surface area contributed by atoms with Gasteiger partial charge in [0.25, 0.3) is 0 Å². The maximum absolute atomic E-state index is 13.5. The van der Waals surface area contributed by atoms with Crippen LogP contribution in [0.25, 0.3) is 0 Å². The van der Waals surface area contributed by atoms with Gasteiger partial charge < -0.3 is 19.5 Å². The third-order valence-electron chi connectivity index (χ3n) is 6.28. The van der Waals surface area contributed by atoms with Crippen molar-refractivity contribution in [2.24, 2.45) is 0 Å². The van der Waals surface area contributed by atoms with Crippen LogP contribution >= 0.6 is 0 Å². The van der Waals surface area contributed by atoms with Crippen LogP contribution in [0, 0.1) is 0 Å². The van der Waals surface area contributed by atoms with Crippen LogP contribution in [0.15, 0.2) is 29.2 Å². The molecule has 3 fully saturated rings. The highest BCUT2D eigenvalue weighted by atomic mass is 32.2. The van der Waals surface area contributed by atoms with Crippen molar-refractivity contribution in [3.05, 3.63) is 24.3 Å². The standard InChI is InChI=1S/C20H28F2N2O5S/c21-19(22)29-16-1-3-17(4-2-16)30(25,26)18-13-28-20(7-9-23-10-8-20)14-24(18)15-5-11-27-12-6-15/h1-4,15,18-19,23H,5-14H2. The van der Waals surface area contributed by atoms with E-state index in [2.05, 4.69) is 15.0 Å². The Kier molecular flexibility index (Phi) is 6.59. The van der Waals surface area contributed by atoms with Gasteiger partial charge in [0.05, 0.1) is 17.1 Å². The van der Waals surface area contributed by atoms with Crippen LogP contribution in [-0.2, 0) is 19.3 Å². The molecule has 0 aromatic heterocycles. The molecule has 3 aliphatic heterocycles.